The van der Waals surface area contributed by atoms with Crippen molar-refractivity contribution in [1.82, 2.24) is 4.90 Å². The van der Waals surface area contributed by atoms with Gasteiger partial charge in [-0.2, -0.15) is 0 Å². The van der Waals surface area contributed by atoms with Crippen molar-refractivity contribution in [3.63, 3.8) is 0 Å². The summed E-state index contributed by atoms with van der Waals surface area (Å²) >= 11 is 3.47. The molecule has 0 spiro atoms. The molecule has 1 fully saturated rings. The van der Waals surface area contributed by atoms with E-state index in [1.54, 1.807) is 0 Å². The lowest BCUT2D eigenvalue weighted by Crippen LogP contribution is -2.39. The second kappa shape index (κ2) is 6.53. The zero-order valence-corrected chi connectivity index (χ0v) is 11.9. The third-order valence-electron chi connectivity index (χ3n) is 3.18. The van der Waals surface area contributed by atoms with Crippen LogP contribution in [0.2, 0.25) is 0 Å². The Balaban J connectivity index is 1.87. The summed E-state index contributed by atoms with van der Waals surface area (Å²) in [6, 6.07) is 8.60. The van der Waals surface area contributed by atoms with Crippen LogP contribution in [0.4, 0.5) is 0 Å². The highest BCUT2D eigenvalue weighted by Gasteiger charge is 2.19. The van der Waals surface area contributed by atoms with Gasteiger partial charge in [0.15, 0.2) is 0 Å². The molecule has 1 saturated heterocycles. The second-order valence-corrected chi connectivity index (χ2v) is 5.50. The summed E-state index contributed by atoms with van der Waals surface area (Å²) in [7, 11) is 0. The highest BCUT2D eigenvalue weighted by molar-refractivity contribution is 9.10. The van der Waals surface area contributed by atoms with E-state index in [-0.39, 0.29) is 0 Å². The Labute approximate surface area is 112 Å². The van der Waals surface area contributed by atoms with Crippen molar-refractivity contribution < 1.29 is 4.74 Å². The Morgan fingerprint density at radius 2 is 2.12 bits per heavy atom. The van der Waals surface area contributed by atoms with Crippen LogP contribution in [0.1, 0.15) is 25.3 Å². The summed E-state index contributed by atoms with van der Waals surface area (Å²) in [5, 5.41) is 0. The van der Waals surface area contributed by atoms with E-state index in [9.17, 15) is 0 Å². The number of piperidine rings is 1. The molecule has 1 aliphatic heterocycles. The fraction of sp³-hybridized carbons (Fsp3) is 0.571. The van der Waals surface area contributed by atoms with Crippen LogP contribution in [0.25, 0.3) is 0 Å². The molecule has 0 amide bonds. The molecule has 1 heterocycles. The molecule has 17 heavy (non-hydrogen) atoms. The Kier molecular flexibility index (Phi) is 5.01. The Hall–Kier alpha value is -0.380. The molecule has 0 N–H and O–H groups in total. The van der Waals surface area contributed by atoms with Crippen LogP contribution in [0.5, 0.6) is 0 Å². The van der Waals surface area contributed by atoms with Crippen molar-refractivity contribution >= 4 is 15.9 Å². The first kappa shape index (κ1) is 13.1. The number of rotatable bonds is 4. The SMILES string of the molecule is CCOC1CCCN(Cc2ccc(Br)cc2)C1. The van der Waals surface area contributed by atoms with E-state index in [2.05, 4.69) is 52.0 Å². The fourth-order valence-electron chi connectivity index (χ4n) is 2.38. The van der Waals surface area contributed by atoms with Crippen LogP contribution in [0, 0.1) is 0 Å². The molecule has 1 atom stereocenters. The molecule has 94 valence electrons. The molecular formula is C14H20BrNO. The van der Waals surface area contributed by atoms with E-state index in [0.29, 0.717) is 6.10 Å². The van der Waals surface area contributed by atoms with Gasteiger partial charge in [-0.1, -0.05) is 28.1 Å². The minimum Gasteiger partial charge on any atom is -0.377 e. The number of nitrogens with zero attached hydrogens (tertiary/aromatic N) is 1. The van der Waals surface area contributed by atoms with E-state index in [1.165, 1.54) is 24.9 Å². The lowest BCUT2D eigenvalue weighted by atomic mass is 10.1. The minimum atomic E-state index is 0.434. The average molecular weight is 298 g/mol. The van der Waals surface area contributed by atoms with Gasteiger partial charge in [0.2, 0.25) is 0 Å². The van der Waals surface area contributed by atoms with Gasteiger partial charge >= 0.3 is 0 Å². The fourth-order valence-corrected chi connectivity index (χ4v) is 2.64. The molecule has 1 unspecified atom stereocenters. The highest BCUT2D eigenvalue weighted by Crippen LogP contribution is 2.17. The molecule has 1 aromatic rings. The molecule has 1 aromatic carbocycles. The summed E-state index contributed by atoms with van der Waals surface area (Å²) in [6.45, 7) is 6.21. The molecule has 0 saturated carbocycles. The summed E-state index contributed by atoms with van der Waals surface area (Å²) in [5.74, 6) is 0. The molecule has 2 nitrogen and oxygen atoms in total. The normalized spacial score (nSPS) is 21.6. The van der Waals surface area contributed by atoms with Gasteiger partial charge in [-0.05, 0) is 44.0 Å². The first-order valence-corrected chi connectivity index (χ1v) is 7.15. The number of hydrogen-bond acceptors (Lipinski definition) is 2. The lowest BCUT2D eigenvalue weighted by molar-refractivity contribution is 0.00363. The van der Waals surface area contributed by atoms with Gasteiger partial charge in [-0.3, -0.25) is 4.90 Å². The van der Waals surface area contributed by atoms with Crippen molar-refractivity contribution in [3.05, 3.63) is 34.3 Å². The highest BCUT2D eigenvalue weighted by atomic mass is 79.9. The smallest absolute Gasteiger partial charge is 0.0702 e. The van der Waals surface area contributed by atoms with Gasteiger partial charge in [0.05, 0.1) is 6.10 Å². The van der Waals surface area contributed by atoms with Gasteiger partial charge < -0.3 is 4.74 Å². The Morgan fingerprint density at radius 3 is 2.82 bits per heavy atom. The first-order chi connectivity index (χ1) is 8.28. The van der Waals surface area contributed by atoms with Crippen molar-refractivity contribution in [1.29, 1.82) is 0 Å². The van der Waals surface area contributed by atoms with E-state index >= 15 is 0 Å². The molecular weight excluding hydrogens is 278 g/mol. The van der Waals surface area contributed by atoms with Gasteiger partial charge in [-0.15, -0.1) is 0 Å². The van der Waals surface area contributed by atoms with Crippen LogP contribution < -0.4 is 0 Å². The first-order valence-electron chi connectivity index (χ1n) is 6.36. The molecule has 0 radical (unpaired) electrons. The van der Waals surface area contributed by atoms with Gasteiger partial charge in [-0.25, -0.2) is 0 Å². The van der Waals surface area contributed by atoms with Crippen molar-refractivity contribution in [2.75, 3.05) is 19.7 Å². The number of hydrogen-bond donors (Lipinski definition) is 0. The predicted molar refractivity (Wildman–Crippen MR) is 74.1 cm³/mol. The van der Waals surface area contributed by atoms with E-state index in [1.807, 2.05) is 0 Å². The number of likely N-dealkylation sites (tertiary alicyclic amines) is 1. The van der Waals surface area contributed by atoms with Gasteiger partial charge in [0.25, 0.3) is 0 Å². The predicted octanol–water partition coefficient (Wildman–Crippen LogP) is 3.45. The summed E-state index contributed by atoms with van der Waals surface area (Å²) < 4.78 is 6.87. The zero-order valence-electron chi connectivity index (χ0n) is 10.4. The van der Waals surface area contributed by atoms with Crippen LogP contribution in [0.15, 0.2) is 28.7 Å². The standard InChI is InChI=1S/C14H20BrNO/c1-2-17-14-4-3-9-16(11-14)10-12-5-7-13(15)8-6-12/h5-8,14H,2-4,9-11H2,1H3. The molecule has 3 heteroatoms. The second-order valence-electron chi connectivity index (χ2n) is 4.58. The summed E-state index contributed by atoms with van der Waals surface area (Å²) in [6.07, 6.45) is 2.90. The van der Waals surface area contributed by atoms with Crippen molar-refractivity contribution in [2.24, 2.45) is 0 Å². The van der Waals surface area contributed by atoms with E-state index < -0.39 is 0 Å². The third-order valence-corrected chi connectivity index (χ3v) is 3.71. The van der Waals surface area contributed by atoms with E-state index in [4.69, 9.17) is 4.74 Å². The van der Waals surface area contributed by atoms with E-state index in [0.717, 1.165) is 24.2 Å². The maximum Gasteiger partial charge on any atom is 0.0702 e. The molecule has 0 bridgehead atoms. The minimum absolute atomic E-state index is 0.434. The zero-order chi connectivity index (χ0) is 12.1. The number of benzene rings is 1. The van der Waals surface area contributed by atoms with Crippen LogP contribution >= 0.6 is 15.9 Å². The topological polar surface area (TPSA) is 12.5 Å². The monoisotopic (exact) mass is 297 g/mol. The average Bonchev–Trinajstić information content (AvgIpc) is 2.33. The summed E-state index contributed by atoms with van der Waals surface area (Å²) in [4.78, 5) is 2.49. The van der Waals surface area contributed by atoms with Gasteiger partial charge in [0.1, 0.15) is 0 Å². The Bertz CT molecular complexity index is 337. The largest absolute Gasteiger partial charge is 0.377 e. The third kappa shape index (κ3) is 4.09. The molecule has 0 aliphatic carbocycles. The molecule has 1 aliphatic rings. The lowest BCUT2D eigenvalue weighted by Gasteiger charge is -2.32. The molecule has 2 rings (SSSR count). The maximum absolute atomic E-state index is 5.72. The van der Waals surface area contributed by atoms with Crippen LogP contribution in [-0.2, 0) is 11.3 Å². The summed E-state index contributed by atoms with van der Waals surface area (Å²) in [5.41, 5.74) is 1.38. The quantitative estimate of drug-likeness (QED) is 0.844. The Morgan fingerprint density at radius 1 is 1.35 bits per heavy atom. The maximum atomic E-state index is 5.72. The van der Waals surface area contributed by atoms with Gasteiger partial charge in [0, 0.05) is 24.2 Å². The molecule has 0 aromatic heterocycles. The van der Waals surface area contributed by atoms with Crippen LogP contribution in [0.3, 0.4) is 0 Å². The van der Waals surface area contributed by atoms with Crippen molar-refractivity contribution in [2.45, 2.75) is 32.4 Å². The van der Waals surface area contributed by atoms with Crippen LogP contribution in [-0.4, -0.2) is 30.7 Å². The van der Waals surface area contributed by atoms with Crippen molar-refractivity contribution in [3.8, 4) is 0 Å². The number of halogens is 1. The number of ether oxygens (including phenoxy) is 1.